The Hall–Kier alpha value is -0.610. The number of hydrogen-bond donors (Lipinski definition) is 2. The summed E-state index contributed by atoms with van der Waals surface area (Å²) < 4.78 is 4.62. The SMILES string of the molecule is CCOC(=O)[C@@H](CO)NC. The number of aliphatic hydroxyl groups is 1. The Bertz CT molecular complexity index is 101. The third-order valence-corrected chi connectivity index (χ3v) is 1.10. The van der Waals surface area contributed by atoms with Crippen molar-refractivity contribution >= 4 is 5.97 Å². The van der Waals surface area contributed by atoms with Gasteiger partial charge in [-0.3, -0.25) is 4.79 Å². The summed E-state index contributed by atoms with van der Waals surface area (Å²) in [5, 5.41) is 11.2. The molecule has 4 nitrogen and oxygen atoms in total. The molecule has 10 heavy (non-hydrogen) atoms. The molecule has 0 aliphatic carbocycles. The van der Waals surface area contributed by atoms with Crippen LogP contribution in [0.5, 0.6) is 0 Å². The van der Waals surface area contributed by atoms with E-state index in [1.54, 1.807) is 14.0 Å². The molecule has 0 saturated carbocycles. The quantitative estimate of drug-likeness (QED) is 0.507. The van der Waals surface area contributed by atoms with Gasteiger partial charge in [-0.25, -0.2) is 0 Å². The lowest BCUT2D eigenvalue weighted by Gasteiger charge is -2.10. The Morgan fingerprint density at radius 2 is 2.40 bits per heavy atom. The standard InChI is InChI=1S/C6H13NO3/c1-3-10-6(9)5(4-8)7-2/h5,7-8H,3-4H2,1-2H3/t5-/m1/s1. The van der Waals surface area contributed by atoms with Gasteiger partial charge in [0.25, 0.3) is 0 Å². The Kier molecular flexibility index (Phi) is 4.88. The number of carbonyl (C=O) groups is 1. The zero-order chi connectivity index (χ0) is 7.98. The van der Waals surface area contributed by atoms with Crippen LogP contribution in [-0.4, -0.2) is 37.4 Å². The van der Waals surface area contributed by atoms with E-state index in [1.807, 2.05) is 0 Å². The van der Waals surface area contributed by atoms with Crippen LogP contribution in [-0.2, 0) is 9.53 Å². The Morgan fingerprint density at radius 3 is 2.70 bits per heavy atom. The van der Waals surface area contributed by atoms with Gasteiger partial charge in [0, 0.05) is 0 Å². The van der Waals surface area contributed by atoms with Crippen LogP contribution in [0.25, 0.3) is 0 Å². The third kappa shape index (κ3) is 2.80. The average Bonchev–Trinajstić information content (AvgIpc) is 1.91. The Morgan fingerprint density at radius 1 is 1.80 bits per heavy atom. The number of nitrogens with one attached hydrogen (secondary N) is 1. The molecule has 0 saturated heterocycles. The maximum absolute atomic E-state index is 10.8. The van der Waals surface area contributed by atoms with Crippen molar-refractivity contribution in [3.05, 3.63) is 0 Å². The minimum absolute atomic E-state index is 0.227. The van der Waals surface area contributed by atoms with Crippen LogP contribution in [0.1, 0.15) is 6.92 Å². The van der Waals surface area contributed by atoms with Crippen LogP contribution in [0.3, 0.4) is 0 Å². The predicted molar refractivity (Wildman–Crippen MR) is 36.6 cm³/mol. The molecule has 1 atom stereocenters. The molecule has 0 spiro atoms. The molecule has 60 valence electrons. The molecule has 0 aromatic heterocycles. The second kappa shape index (κ2) is 5.20. The van der Waals surface area contributed by atoms with Crippen LogP contribution >= 0.6 is 0 Å². The maximum atomic E-state index is 10.8. The second-order valence-electron chi connectivity index (χ2n) is 1.78. The molecule has 0 radical (unpaired) electrons. The summed E-state index contributed by atoms with van der Waals surface area (Å²) in [6.45, 7) is 1.84. The van der Waals surface area contributed by atoms with Gasteiger partial charge in [-0.05, 0) is 14.0 Å². The summed E-state index contributed by atoms with van der Waals surface area (Å²) >= 11 is 0. The molecule has 0 heterocycles. The summed E-state index contributed by atoms with van der Waals surface area (Å²) in [7, 11) is 1.60. The van der Waals surface area contributed by atoms with Crippen molar-refractivity contribution < 1.29 is 14.6 Å². The first-order valence-corrected chi connectivity index (χ1v) is 3.21. The van der Waals surface area contributed by atoms with Gasteiger partial charge in [0.05, 0.1) is 13.2 Å². The molecular weight excluding hydrogens is 134 g/mol. The second-order valence-corrected chi connectivity index (χ2v) is 1.78. The number of rotatable bonds is 4. The van der Waals surface area contributed by atoms with Crippen molar-refractivity contribution in [1.82, 2.24) is 5.32 Å². The van der Waals surface area contributed by atoms with E-state index in [2.05, 4.69) is 10.1 Å². The number of likely N-dealkylation sites (N-methyl/N-ethyl adjacent to an activating group) is 1. The van der Waals surface area contributed by atoms with Crippen molar-refractivity contribution in [1.29, 1.82) is 0 Å². The van der Waals surface area contributed by atoms with E-state index in [-0.39, 0.29) is 6.61 Å². The summed E-state index contributed by atoms with van der Waals surface area (Å²) in [4.78, 5) is 10.8. The first-order valence-electron chi connectivity index (χ1n) is 3.21. The number of aliphatic hydroxyl groups excluding tert-OH is 1. The van der Waals surface area contributed by atoms with Crippen molar-refractivity contribution in [2.24, 2.45) is 0 Å². The molecule has 0 amide bonds. The predicted octanol–water partition coefficient (Wildman–Crippen LogP) is -0.870. The first kappa shape index (κ1) is 9.39. The van der Waals surface area contributed by atoms with Gasteiger partial charge in [0.1, 0.15) is 6.04 Å². The Labute approximate surface area is 60.2 Å². The lowest BCUT2D eigenvalue weighted by molar-refractivity contribution is -0.146. The lowest BCUT2D eigenvalue weighted by Crippen LogP contribution is -2.38. The molecule has 0 aliphatic rings. The molecule has 4 heteroatoms. The van der Waals surface area contributed by atoms with Crippen molar-refractivity contribution in [3.8, 4) is 0 Å². The largest absolute Gasteiger partial charge is 0.465 e. The van der Waals surface area contributed by atoms with E-state index in [4.69, 9.17) is 5.11 Å². The minimum Gasteiger partial charge on any atom is -0.465 e. The smallest absolute Gasteiger partial charge is 0.325 e. The molecule has 0 bridgehead atoms. The van der Waals surface area contributed by atoms with E-state index >= 15 is 0 Å². The van der Waals surface area contributed by atoms with Crippen molar-refractivity contribution in [3.63, 3.8) is 0 Å². The molecule has 0 rings (SSSR count). The van der Waals surface area contributed by atoms with Crippen LogP contribution in [0.15, 0.2) is 0 Å². The van der Waals surface area contributed by atoms with Gasteiger partial charge >= 0.3 is 5.97 Å². The number of hydrogen-bond acceptors (Lipinski definition) is 4. The van der Waals surface area contributed by atoms with Crippen LogP contribution < -0.4 is 5.32 Å². The van der Waals surface area contributed by atoms with Crippen LogP contribution in [0.4, 0.5) is 0 Å². The highest BCUT2D eigenvalue weighted by Gasteiger charge is 2.14. The number of esters is 1. The average molecular weight is 147 g/mol. The van der Waals surface area contributed by atoms with Gasteiger partial charge in [-0.1, -0.05) is 0 Å². The van der Waals surface area contributed by atoms with Crippen molar-refractivity contribution in [2.45, 2.75) is 13.0 Å². The number of carbonyl (C=O) groups excluding carboxylic acids is 1. The topological polar surface area (TPSA) is 58.6 Å². The summed E-state index contributed by atoms with van der Waals surface area (Å²) in [5.74, 6) is -0.410. The van der Waals surface area contributed by atoms with Gasteiger partial charge in [-0.15, -0.1) is 0 Å². The van der Waals surface area contributed by atoms with E-state index < -0.39 is 12.0 Å². The molecule has 0 aliphatic heterocycles. The highest BCUT2D eigenvalue weighted by atomic mass is 16.5. The normalized spacial score (nSPS) is 12.7. The highest BCUT2D eigenvalue weighted by molar-refractivity contribution is 5.75. The van der Waals surface area contributed by atoms with E-state index in [0.717, 1.165) is 0 Å². The van der Waals surface area contributed by atoms with Gasteiger partial charge in [-0.2, -0.15) is 0 Å². The fourth-order valence-corrected chi connectivity index (χ4v) is 0.527. The van der Waals surface area contributed by atoms with E-state index in [9.17, 15) is 4.79 Å². The monoisotopic (exact) mass is 147 g/mol. The molecule has 0 aromatic carbocycles. The van der Waals surface area contributed by atoms with E-state index in [1.165, 1.54) is 0 Å². The van der Waals surface area contributed by atoms with Gasteiger partial charge in [0.15, 0.2) is 0 Å². The summed E-state index contributed by atoms with van der Waals surface area (Å²) in [6, 6.07) is -0.583. The Balaban J connectivity index is 3.65. The molecule has 2 N–H and O–H groups in total. The zero-order valence-electron chi connectivity index (χ0n) is 6.26. The molecular formula is C6H13NO3. The minimum atomic E-state index is -0.583. The third-order valence-electron chi connectivity index (χ3n) is 1.10. The van der Waals surface area contributed by atoms with Gasteiger partial charge in [0.2, 0.25) is 0 Å². The summed E-state index contributed by atoms with van der Waals surface area (Å²) in [6.07, 6.45) is 0. The summed E-state index contributed by atoms with van der Waals surface area (Å²) in [5.41, 5.74) is 0. The molecule has 0 fully saturated rings. The maximum Gasteiger partial charge on any atom is 0.325 e. The molecule has 0 unspecified atom stereocenters. The molecule has 0 aromatic rings. The zero-order valence-corrected chi connectivity index (χ0v) is 6.26. The van der Waals surface area contributed by atoms with E-state index in [0.29, 0.717) is 6.61 Å². The number of ether oxygens (including phenoxy) is 1. The fraction of sp³-hybridized carbons (Fsp3) is 0.833. The highest BCUT2D eigenvalue weighted by Crippen LogP contribution is 1.85. The van der Waals surface area contributed by atoms with Crippen LogP contribution in [0.2, 0.25) is 0 Å². The first-order chi connectivity index (χ1) is 4.76. The lowest BCUT2D eigenvalue weighted by atomic mass is 10.3. The fourth-order valence-electron chi connectivity index (χ4n) is 0.527. The van der Waals surface area contributed by atoms with Crippen molar-refractivity contribution in [2.75, 3.05) is 20.3 Å². The van der Waals surface area contributed by atoms with Gasteiger partial charge < -0.3 is 15.2 Å². The van der Waals surface area contributed by atoms with Crippen LogP contribution in [0, 0.1) is 0 Å².